The highest BCUT2D eigenvalue weighted by atomic mass is 19.1. The lowest BCUT2D eigenvalue weighted by atomic mass is 10.0. The fourth-order valence-electron chi connectivity index (χ4n) is 2.89. The van der Waals surface area contributed by atoms with Crippen molar-refractivity contribution < 1.29 is 18.7 Å². The van der Waals surface area contributed by atoms with Crippen molar-refractivity contribution in [1.82, 2.24) is 10.2 Å². The number of hydrogen-bond acceptors (Lipinski definition) is 6. The summed E-state index contributed by atoms with van der Waals surface area (Å²) in [7, 11) is 0. The molecule has 164 valence electrons. The second kappa shape index (κ2) is 10.6. The monoisotopic (exact) mass is 420 g/mol. The lowest BCUT2D eigenvalue weighted by Crippen LogP contribution is -2.57. The molecular weight excluding hydrogens is 391 g/mol. The molecule has 1 aromatic rings. The van der Waals surface area contributed by atoms with Crippen LogP contribution in [0, 0.1) is 17.1 Å². The Morgan fingerprint density at radius 2 is 2.03 bits per heavy atom. The lowest BCUT2D eigenvalue weighted by Gasteiger charge is -2.36. The van der Waals surface area contributed by atoms with E-state index in [2.05, 4.69) is 10.6 Å². The minimum atomic E-state index is -0.801. The number of benzene rings is 1. The van der Waals surface area contributed by atoms with Crippen molar-refractivity contribution >= 4 is 23.5 Å². The number of hydrogen-bond donors (Lipinski definition) is 5. The fourth-order valence-corrected chi connectivity index (χ4v) is 2.89. The number of amidine groups is 1. The molecule has 0 aliphatic carbocycles. The van der Waals surface area contributed by atoms with Crippen LogP contribution in [-0.2, 0) is 9.53 Å². The quantitative estimate of drug-likeness (QED) is 0.256. The van der Waals surface area contributed by atoms with Gasteiger partial charge < -0.3 is 31.7 Å². The number of nitrogens with zero attached hydrogens (tertiary/aromatic N) is 1. The first-order chi connectivity index (χ1) is 14.2. The third-order valence-corrected chi connectivity index (χ3v) is 4.55. The molecule has 1 heterocycles. The van der Waals surface area contributed by atoms with E-state index in [9.17, 15) is 14.0 Å². The van der Waals surface area contributed by atoms with Crippen LogP contribution in [-0.4, -0.2) is 54.5 Å². The van der Waals surface area contributed by atoms with Gasteiger partial charge in [-0.2, -0.15) is 0 Å². The molecule has 1 fully saturated rings. The van der Waals surface area contributed by atoms with E-state index < -0.39 is 23.9 Å². The second-order valence-corrected chi connectivity index (χ2v) is 7.57. The second-order valence-electron chi connectivity index (χ2n) is 7.57. The van der Waals surface area contributed by atoms with Crippen LogP contribution in [0.5, 0.6) is 0 Å². The topological polar surface area (TPSA) is 147 Å². The number of carbonyl (C=O) groups excluding carboxylic acids is 2. The van der Waals surface area contributed by atoms with Crippen molar-refractivity contribution in [3.05, 3.63) is 41.9 Å². The summed E-state index contributed by atoms with van der Waals surface area (Å²) in [6.07, 6.45) is 1.49. The lowest BCUT2D eigenvalue weighted by molar-refractivity contribution is -0.114. The average Bonchev–Trinajstić information content (AvgIpc) is 2.68. The normalized spacial score (nSPS) is 19.4. The molecule has 30 heavy (non-hydrogen) atoms. The first-order valence-electron chi connectivity index (χ1n) is 9.72. The highest BCUT2D eigenvalue weighted by molar-refractivity contribution is 6.23. The Kier molecular flexibility index (Phi) is 8.16. The van der Waals surface area contributed by atoms with E-state index in [-0.39, 0.29) is 23.4 Å². The number of anilines is 1. The highest BCUT2D eigenvalue weighted by Gasteiger charge is 2.29. The van der Waals surface area contributed by atoms with Crippen molar-refractivity contribution in [2.45, 2.75) is 32.4 Å². The van der Waals surface area contributed by atoms with Crippen LogP contribution in [0.1, 0.15) is 20.3 Å². The average molecular weight is 420 g/mol. The number of halogens is 1. The number of amides is 2. The Morgan fingerprint density at radius 1 is 1.37 bits per heavy atom. The first kappa shape index (κ1) is 23.1. The number of ether oxygens (including phenoxy) is 1. The minimum absolute atomic E-state index is 0.0784. The molecule has 0 spiro atoms. The Morgan fingerprint density at radius 3 is 2.60 bits per heavy atom. The Balaban J connectivity index is 1.94. The molecular formula is C20H29FN6O3. The standard InChI is InChI=1S/C20H29FN6O3/c1-12(2)11-30-20(29)27-8-7-17(16(22)10-27)25-9-15(19(24)28)18(23)26-14-5-3-13(21)4-6-14/h3-6,9,12,16-17,25H,7-8,10-11,22H2,1-2H3,(H2,23,26)(H2,24,28)/b15-9+/t16-,17-/m1/s1. The molecule has 10 heteroatoms. The number of nitrogens with one attached hydrogen (secondary N) is 3. The number of likely N-dealkylation sites (tertiary alicyclic amines) is 1. The van der Waals surface area contributed by atoms with Crippen molar-refractivity contribution in [3.63, 3.8) is 0 Å². The molecule has 1 aliphatic heterocycles. The maximum Gasteiger partial charge on any atom is 0.409 e. The molecule has 2 rings (SSSR count). The zero-order valence-corrected chi connectivity index (χ0v) is 17.2. The predicted molar refractivity (Wildman–Crippen MR) is 112 cm³/mol. The molecule has 1 saturated heterocycles. The summed E-state index contributed by atoms with van der Waals surface area (Å²) in [5, 5.41) is 13.8. The summed E-state index contributed by atoms with van der Waals surface area (Å²) >= 11 is 0. The number of piperidine rings is 1. The number of rotatable bonds is 7. The van der Waals surface area contributed by atoms with Crippen LogP contribution >= 0.6 is 0 Å². The number of nitrogens with two attached hydrogens (primary N) is 2. The highest BCUT2D eigenvalue weighted by Crippen LogP contribution is 2.13. The van der Waals surface area contributed by atoms with Gasteiger partial charge in [0, 0.05) is 37.1 Å². The van der Waals surface area contributed by atoms with Gasteiger partial charge in [0.2, 0.25) is 0 Å². The molecule has 0 aromatic heterocycles. The molecule has 1 aromatic carbocycles. The van der Waals surface area contributed by atoms with Gasteiger partial charge in [-0.3, -0.25) is 10.2 Å². The Hall–Kier alpha value is -3.14. The third kappa shape index (κ3) is 6.73. The Bertz CT molecular complexity index is 796. The molecule has 0 saturated carbocycles. The number of primary amides is 1. The fraction of sp³-hybridized carbons (Fsp3) is 0.450. The molecule has 2 amide bonds. The molecule has 0 bridgehead atoms. The predicted octanol–water partition coefficient (Wildman–Crippen LogP) is 1.37. The Labute approximate surface area is 175 Å². The van der Waals surface area contributed by atoms with Gasteiger partial charge in [0.05, 0.1) is 12.2 Å². The summed E-state index contributed by atoms with van der Waals surface area (Å²) in [4.78, 5) is 25.4. The van der Waals surface area contributed by atoms with Crippen molar-refractivity contribution in [3.8, 4) is 0 Å². The van der Waals surface area contributed by atoms with Crippen LogP contribution in [0.2, 0.25) is 0 Å². The van der Waals surface area contributed by atoms with Crippen LogP contribution in [0.4, 0.5) is 14.9 Å². The summed E-state index contributed by atoms with van der Waals surface area (Å²) in [5.41, 5.74) is 11.9. The van der Waals surface area contributed by atoms with Gasteiger partial charge in [0.15, 0.2) is 0 Å². The van der Waals surface area contributed by atoms with E-state index in [0.717, 1.165) is 0 Å². The third-order valence-electron chi connectivity index (χ3n) is 4.55. The molecule has 2 atom stereocenters. The van der Waals surface area contributed by atoms with E-state index in [1.165, 1.54) is 30.5 Å². The largest absolute Gasteiger partial charge is 0.449 e. The summed E-state index contributed by atoms with van der Waals surface area (Å²) in [6, 6.07) is 4.75. The first-order valence-corrected chi connectivity index (χ1v) is 9.72. The zero-order chi connectivity index (χ0) is 22.3. The summed E-state index contributed by atoms with van der Waals surface area (Å²) in [6.45, 7) is 5.02. The van der Waals surface area contributed by atoms with Gasteiger partial charge in [0.1, 0.15) is 11.7 Å². The van der Waals surface area contributed by atoms with Crippen LogP contribution in [0.25, 0.3) is 0 Å². The van der Waals surface area contributed by atoms with Crippen LogP contribution in [0.15, 0.2) is 36.0 Å². The van der Waals surface area contributed by atoms with E-state index in [0.29, 0.717) is 31.8 Å². The van der Waals surface area contributed by atoms with Gasteiger partial charge in [-0.15, -0.1) is 0 Å². The zero-order valence-electron chi connectivity index (χ0n) is 17.2. The van der Waals surface area contributed by atoms with Gasteiger partial charge in [-0.25, -0.2) is 9.18 Å². The molecule has 9 nitrogen and oxygen atoms in total. The van der Waals surface area contributed by atoms with E-state index >= 15 is 0 Å². The summed E-state index contributed by atoms with van der Waals surface area (Å²) in [5.74, 6) is -1.19. The van der Waals surface area contributed by atoms with Gasteiger partial charge >= 0.3 is 6.09 Å². The minimum Gasteiger partial charge on any atom is -0.449 e. The molecule has 0 unspecified atom stereocenters. The van der Waals surface area contributed by atoms with Gasteiger partial charge in [0.25, 0.3) is 5.91 Å². The maximum atomic E-state index is 13.0. The van der Waals surface area contributed by atoms with Crippen molar-refractivity contribution in [1.29, 1.82) is 5.41 Å². The van der Waals surface area contributed by atoms with E-state index in [1.54, 1.807) is 4.90 Å². The molecule has 0 radical (unpaired) electrons. The smallest absolute Gasteiger partial charge is 0.409 e. The van der Waals surface area contributed by atoms with Gasteiger partial charge in [-0.05, 0) is 36.6 Å². The summed E-state index contributed by atoms with van der Waals surface area (Å²) < 4.78 is 18.2. The van der Waals surface area contributed by atoms with E-state index in [1.807, 2.05) is 13.8 Å². The van der Waals surface area contributed by atoms with Gasteiger partial charge in [-0.1, -0.05) is 13.8 Å². The number of carbonyl (C=O) groups is 2. The SMILES string of the molecule is CC(C)COC(=O)N1CC[C@@H](N/C=C(\C(=N)Nc2ccc(F)cc2)C(N)=O)[C@H](N)C1. The van der Waals surface area contributed by atoms with Crippen LogP contribution in [0.3, 0.4) is 0 Å². The van der Waals surface area contributed by atoms with Crippen molar-refractivity contribution in [2.24, 2.45) is 17.4 Å². The molecule has 7 N–H and O–H groups in total. The van der Waals surface area contributed by atoms with Crippen molar-refractivity contribution in [2.75, 3.05) is 25.0 Å². The van der Waals surface area contributed by atoms with Crippen LogP contribution < -0.4 is 22.1 Å². The maximum absolute atomic E-state index is 13.0. The molecule has 1 aliphatic rings. The van der Waals surface area contributed by atoms with E-state index in [4.69, 9.17) is 21.6 Å².